The molecule has 5 heteroatoms. The number of hydrogen-bond acceptors (Lipinski definition) is 4. The molecular formula is C9H6BrNO2S. The van der Waals surface area contributed by atoms with Gasteiger partial charge in [-0.15, -0.1) is 11.3 Å². The Labute approximate surface area is 92.8 Å². The van der Waals surface area contributed by atoms with E-state index in [2.05, 4.69) is 25.7 Å². The third-order valence-electron chi connectivity index (χ3n) is 1.76. The van der Waals surface area contributed by atoms with Gasteiger partial charge >= 0.3 is 5.97 Å². The Kier molecular flexibility index (Phi) is 2.52. The van der Waals surface area contributed by atoms with Crippen LogP contribution in [0.3, 0.4) is 0 Å². The number of halogens is 1. The maximum atomic E-state index is 11.2. The minimum atomic E-state index is -0.303. The first-order valence-electron chi connectivity index (χ1n) is 3.84. The fourth-order valence-electron chi connectivity index (χ4n) is 1.12. The van der Waals surface area contributed by atoms with Gasteiger partial charge in [-0.3, -0.25) is 0 Å². The molecule has 0 fully saturated rings. The second-order valence-corrected chi connectivity index (χ2v) is 4.54. The summed E-state index contributed by atoms with van der Waals surface area (Å²) in [7, 11) is 1.38. The van der Waals surface area contributed by atoms with Gasteiger partial charge in [-0.2, -0.15) is 0 Å². The summed E-state index contributed by atoms with van der Waals surface area (Å²) >= 11 is 4.65. The number of nitrogens with zero attached hydrogens (tertiary/aromatic N) is 1. The molecule has 72 valence electrons. The topological polar surface area (TPSA) is 39.2 Å². The van der Waals surface area contributed by atoms with Gasteiger partial charge in [0.05, 0.1) is 11.8 Å². The van der Waals surface area contributed by atoms with E-state index in [4.69, 9.17) is 0 Å². The first-order valence-corrected chi connectivity index (χ1v) is 5.45. The fourth-order valence-corrected chi connectivity index (χ4v) is 2.40. The van der Waals surface area contributed by atoms with E-state index in [0.717, 1.165) is 14.7 Å². The summed E-state index contributed by atoms with van der Waals surface area (Å²) in [5.41, 5.74) is 0. The number of aromatic nitrogens is 1. The van der Waals surface area contributed by atoms with Crippen LogP contribution in [-0.2, 0) is 4.74 Å². The molecule has 14 heavy (non-hydrogen) atoms. The van der Waals surface area contributed by atoms with E-state index in [1.54, 1.807) is 12.3 Å². The largest absolute Gasteiger partial charge is 0.465 e. The Morgan fingerprint density at radius 3 is 3.07 bits per heavy atom. The van der Waals surface area contributed by atoms with Gasteiger partial charge in [0.1, 0.15) is 9.48 Å². The monoisotopic (exact) mass is 271 g/mol. The molecule has 0 spiro atoms. The minimum Gasteiger partial charge on any atom is -0.465 e. The SMILES string of the molecule is COC(=O)c1cc2cc(Br)ncc2s1. The van der Waals surface area contributed by atoms with E-state index in [1.807, 2.05) is 6.07 Å². The van der Waals surface area contributed by atoms with Crippen LogP contribution in [0.15, 0.2) is 22.9 Å². The Balaban J connectivity index is 2.56. The third-order valence-corrected chi connectivity index (χ3v) is 3.26. The number of thiophene rings is 1. The van der Waals surface area contributed by atoms with Crippen molar-refractivity contribution in [2.45, 2.75) is 0 Å². The lowest BCUT2D eigenvalue weighted by Gasteiger charge is -1.90. The summed E-state index contributed by atoms with van der Waals surface area (Å²) in [6.45, 7) is 0. The summed E-state index contributed by atoms with van der Waals surface area (Å²) in [5.74, 6) is -0.303. The molecule has 0 aromatic carbocycles. The highest BCUT2D eigenvalue weighted by Gasteiger charge is 2.10. The zero-order valence-electron chi connectivity index (χ0n) is 7.28. The predicted molar refractivity (Wildman–Crippen MR) is 58.7 cm³/mol. The number of carbonyl (C=O) groups excluding carboxylic acids is 1. The van der Waals surface area contributed by atoms with Crippen LogP contribution in [0.25, 0.3) is 10.1 Å². The van der Waals surface area contributed by atoms with Crippen molar-refractivity contribution in [1.29, 1.82) is 0 Å². The lowest BCUT2D eigenvalue weighted by molar-refractivity contribution is 0.0606. The molecule has 0 bridgehead atoms. The second-order valence-electron chi connectivity index (χ2n) is 2.65. The Morgan fingerprint density at radius 1 is 1.57 bits per heavy atom. The fraction of sp³-hybridized carbons (Fsp3) is 0.111. The molecule has 0 N–H and O–H groups in total. The van der Waals surface area contributed by atoms with Crippen molar-refractivity contribution in [2.75, 3.05) is 7.11 Å². The van der Waals surface area contributed by atoms with Crippen molar-refractivity contribution in [3.05, 3.63) is 27.8 Å². The van der Waals surface area contributed by atoms with Crippen LogP contribution in [0.2, 0.25) is 0 Å². The molecular weight excluding hydrogens is 266 g/mol. The first-order chi connectivity index (χ1) is 6.70. The van der Waals surface area contributed by atoms with Crippen molar-refractivity contribution in [3.8, 4) is 0 Å². The first kappa shape index (κ1) is 9.61. The third kappa shape index (κ3) is 1.65. The normalized spacial score (nSPS) is 10.4. The van der Waals surface area contributed by atoms with Crippen LogP contribution in [-0.4, -0.2) is 18.1 Å². The summed E-state index contributed by atoms with van der Waals surface area (Å²) in [5, 5.41) is 0.997. The summed E-state index contributed by atoms with van der Waals surface area (Å²) < 4.78 is 6.38. The molecule has 0 amide bonds. The van der Waals surface area contributed by atoms with Crippen molar-refractivity contribution in [3.63, 3.8) is 0 Å². The van der Waals surface area contributed by atoms with Crippen LogP contribution in [0.4, 0.5) is 0 Å². The molecule has 0 aliphatic heterocycles. The summed E-state index contributed by atoms with van der Waals surface area (Å²) in [6.07, 6.45) is 1.73. The van der Waals surface area contributed by atoms with E-state index < -0.39 is 0 Å². The molecule has 0 saturated heterocycles. The highest BCUT2D eigenvalue weighted by Crippen LogP contribution is 2.27. The Bertz CT molecular complexity index is 495. The van der Waals surface area contributed by atoms with Crippen molar-refractivity contribution >= 4 is 43.3 Å². The number of pyridine rings is 1. The maximum absolute atomic E-state index is 11.2. The maximum Gasteiger partial charge on any atom is 0.348 e. The smallest absolute Gasteiger partial charge is 0.348 e. The van der Waals surface area contributed by atoms with Crippen LogP contribution >= 0.6 is 27.3 Å². The summed E-state index contributed by atoms with van der Waals surface area (Å²) in [6, 6.07) is 3.68. The molecule has 2 rings (SSSR count). The number of hydrogen-bond donors (Lipinski definition) is 0. The highest BCUT2D eigenvalue weighted by molar-refractivity contribution is 9.10. The molecule has 0 aliphatic rings. The van der Waals surface area contributed by atoms with Crippen LogP contribution < -0.4 is 0 Å². The Morgan fingerprint density at radius 2 is 2.36 bits per heavy atom. The van der Waals surface area contributed by atoms with Gasteiger partial charge in [-0.1, -0.05) is 0 Å². The van der Waals surface area contributed by atoms with Gasteiger partial charge in [-0.05, 0) is 33.4 Å². The minimum absolute atomic E-state index is 0.303. The van der Waals surface area contributed by atoms with Gasteiger partial charge in [0, 0.05) is 6.20 Å². The van der Waals surface area contributed by atoms with E-state index in [-0.39, 0.29) is 5.97 Å². The molecule has 0 aliphatic carbocycles. The Hall–Kier alpha value is -0.940. The molecule has 2 aromatic rings. The molecule has 2 aromatic heterocycles. The van der Waals surface area contributed by atoms with E-state index in [0.29, 0.717) is 4.88 Å². The van der Waals surface area contributed by atoms with Gasteiger partial charge in [0.25, 0.3) is 0 Å². The van der Waals surface area contributed by atoms with Gasteiger partial charge < -0.3 is 4.74 Å². The van der Waals surface area contributed by atoms with E-state index in [9.17, 15) is 4.79 Å². The lowest BCUT2D eigenvalue weighted by Crippen LogP contribution is -1.96. The number of ether oxygens (including phenoxy) is 1. The molecule has 0 atom stereocenters. The molecule has 2 heterocycles. The summed E-state index contributed by atoms with van der Waals surface area (Å²) in [4.78, 5) is 15.9. The highest BCUT2D eigenvalue weighted by atomic mass is 79.9. The zero-order chi connectivity index (χ0) is 10.1. The predicted octanol–water partition coefficient (Wildman–Crippen LogP) is 2.85. The van der Waals surface area contributed by atoms with E-state index in [1.165, 1.54) is 18.4 Å². The number of rotatable bonds is 1. The van der Waals surface area contributed by atoms with Gasteiger partial charge in [0.15, 0.2) is 0 Å². The number of esters is 1. The number of methoxy groups -OCH3 is 1. The second kappa shape index (κ2) is 3.67. The van der Waals surface area contributed by atoms with Gasteiger partial charge in [-0.25, -0.2) is 9.78 Å². The molecule has 0 unspecified atom stereocenters. The van der Waals surface area contributed by atoms with Crippen molar-refractivity contribution in [1.82, 2.24) is 4.98 Å². The number of carbonyl (C=O) groups is 1. The lowest BCUT2D eigenvalue weighted by atomic mass is 10.3. The van der Waals surface area contributed by atoms with Gasteiger partial charge in [0.2, 0.25) is 0 Å². The van der Waals surface area contributed by atoms with Crippen LogP contribution in [0.1, 0.15) is 9.67 Å². The average Bonchev–Trinajstić information content (AvgIpc) is 2.59. The molecule has 3 nitrogen and oxygen atoms in total. The zero-order valence-corrected chi connectivity index (χ0v) is 9.68. The van der Waals surface area contributed by atoms with Crippen LogP contribution in [0, 0.1) is 0 Å². The standard InChI is InChI=1S/C9H6BrNO2S/c1-13-9(12)6-2-5-3-8(10)11-4-7(5)14-6/h2-4H,1H3. The van der Waals surface area contributed by atoms with Crippen molar-refractivity contribution < 1.29 is 9.53 Å². The molecule has 0 radical (unpaired) electrons. The average molecular weight is 272 g/mol. The number of fused-ring (bicyclic) bond motifs is 1. The van der Waals surface area contributed by atoms with Crippen molar-refractivity contribution in [2.24, 2.45) is 0 Å². The van der Waals surface area contributed by atoms with Crippen LogP contribution in [0.5, 0.6) is 0 Å². The molecule has 0 saturated carbocycles. The van der Waals surface area contributed by atoms with E-state index >= 15 is 0 Å². The quantitative estimate of drug-likeness (QED) is 0.592.